The van der Waals surface area contributed by atoms with Crippen LogP contribution in [0.5, 0.6) is 0 Å². The number of fused-ring (bicyclic) bond motifs is 1. The van der Waals surface area contributed by atoms with Gasteiger partial charge in [-0.05, 0) is 29.8 Å². The average molecular weight is 363 g/mol. The number of aromatic carboxylic acids is 1. The number of rotatable bonds is 4. The average Bonchev–Trinajstić information content (AvgIpc) is 2.91. The molecule has 0 saturated heterocycles. The van der Waals surface area contributed by atoms with Gasteiger partial charge in [-0.3, -0.25) is 4.79 Å². The Morgan fingerprint density at radius 1 is 1.04 bits per heavy atom. The standard InChI is InChI=1S/C18H12F3NO4/c19-18(20,21)13-4-2-1-3-10(13)16-12(8-15(23)24)11-7-9(17(25)26)5-6-14(11)22-16/h1-7,22H,8H2,(H,23,24)(H,25,26). The third kappa shape index (κ3) is 3.13. The molecule has 0 radical (unpaired) electrons. The summed E-state index contributed by atoms with van der Waals surface area (Å²) >= 11 is 0. The second-order valence-electron chi connectivity index (χ2n) is 5.66. The van der Waals surface area contributed by atoms with Crippen molar-refractivity contribution in [1.29, 1.82) is 0 Å². The van der Waals surface area contributed by atoms with Crippen LogP contribution in [0, 0.1) is 0 Å². The van der Waals surface area contributed by atoms with E-state index < -0.39 is 30.1 Å². The minimum atomic E-state index is -4.62. The second-order valence-corrected chi connectivity index (χ2v) is 5.66. The van der Waals surface area contributed by atoms with Gasteiger partial charge in [0.15, 0.2) is 0 Å². The largest absolute Gasteiger partial charge is 0.481 e. The van der Waals surface area contributed by atoms with E-state index >= 15 is 0 Å². The predicted molar refractivity (Wildman–Crippen MR) is 87.0 cm³/mol. The normalized spacial score (nSPS) is 11.7. The molecular weight excluding hydrogens is 351 g/mol. The highest BCUT2D eigenvalue weighted by molar-refractivity contribution is 5.99. The predicted octanol–water partition coefficient (Wildman–Crippen LogP) is 4.18. The van der Waals surface area contributed by atoms with Gasteiger partial charge in [0, 0.05) is 16.5 Å². The maximum Gasteiger partial charge on any atom is 0.417 e. The van der Waals surface area contributed by atoms with Crippen molar-refractivity contribution in [3.8, 4) is 11.3 Å². The van der Waals surface area contributed by atoms with Gasteiger partial charge in [0.1, 0.15) is 0 Å². The van der Waals surface area contributed by atoms with E-state index in [0.29, 0.717) is 5.52 Å². The molecule has 26 heavy (non-hydrogen) atoms. The second kappa shape index (κ2) is 6.21. The zero-order valence-corrected chi connectivity index (χ0v) is 13.1. The quantitative estimate of drug-likeness (QED) is 0.649. The lowest BCUT2D eigenvalue weighted by molar-refractivity contribution is -0.137. The minimum absolute atomic E-state index is 0.0119. The van der Waals surface area contributed by atoms with Gasteiger partial charge in [0.25, 0.3) is 0 Å². The van der Waals surface area contributed by atoms with Crippen LogP contribution in [0.25, 0.3) is 22.2 Å². The molecule has 5 nitrogen and oxygen atoms in total. The Labute approximate surface area is 144 Å². The van der Waals surface area contributed by atoms with E-state index in [4.69, 9.17) is 5.11 Å². The van der Waals surface area contributed by atoms with E-state index in [0.717, 1.165) is 6.07 Å². The van der Waals surface area contributed by atoms with E-state index in [-0.39, 0.29) is 27.8 Å². The molecule has 1 heterocycles. The Balaban J connectivity index is 2.33. The molecule has 3 aromatic rings. The van der Waals surface area contributed by atoms with E-state index in [9.17, 15) is 27.9 Å². The lowest BCUT2D eigenvalue weighted by Crippen LogP contribution is -2.08. The van der Waals surface area contributed by atoms with Crippen molar-refractivity contribution in [2.75, 3.05) is 0 Å². The Morgan fingerprint density at radius 3 is 2.35 bits per heavy atom. The highest BCUT2D eigenvalue weighted by Gasteiger charge is 2.34. The molecule has 0 fully saturated rings. The molecule has 0 saturated carbocycles. The highest BCUT2D eigenvalue weighted by atomic mass is 19.4. The maximum absolute atomic E-state index is 13.3. The number of carbonyl (C=O) groups is 2. The first-order chi connectivity index (χ1) is 12.2. The number of aromatic amines is 1. The Kier molecular flexibility index (Phi) is 4.19. The molecule has 0 atom stereocenters. The van der Waals surface area contributed by atoms with Gasteiger partial charge < -0.3 is 15.2 Å². The molecule has 0 unspecified atom stereocenters. The summed E-state index contributed by atoms with van der Waals surface area (Å²) < 4.78 is 40.0. The molecule has 0 spiro atoms. The molecule has 2 aromatic carbocycles. The summed E-state index contributed by atoms with van der Waals surface area (Å²) in [4.78, 5) is 25.2. The summed E-state index contributed by atoms with van der Waals surface area (Å²) in [6.45, 7) is 0. The number of aromatic nitrogens is 1. The molecule has 0 amide bonds. The summed E-state index contributed by atoms with van der Waals surface area (Å²) in [6, 6.07) is 8.78. The van der Waals surface area contributed by atoms with Crippen LogP contribution < -0.4 is 0 Å². The van der Waals surface area contributed by atoms with Gasteiger partial charge in [-0.25, -0.2) is 4.79 Å². The van der Waals surface area contributed by atoms with Crippen molar-refractivity contribution in [3.63, 3.8) is 0 Å². The number of carboxylic acid groups (broad SMARTS) is 2. The maximum atomic E-state index is 13.3. The molecule has 0 aliphatic heterocycles. The van der Waals surface area contributed by atoms with Crippen LogP contribution in [-0.2, 0) is 17.4 Å². The summed E-state index contributed by atoms with van der Waals surface area (Å²) in [5, 5.41) is 18.6. The van der Waals surface area contributed by atoms with Crippen molar-refractivity contribution >= 4 is 22.8 Å². The number of carboxylic acids is 2. The first-order valence-electron chi connectivity index (χ1n) is 7.44. The van der Waals surface area contributed by atoms with Crippen LogP contribution >= 0.6 is 0 Å². The fourth-order valence-corrected chi connectivity index (χ4v) is 2.89. The fourth-order valence-electron chi connectivity index (χ4n) is 2.89. The molecular formula is C18H12F3NO4. The van der Waals surface area contributed by atoms with Gasteiger partial charge >= 0.3 is 18.1 Å². The molecule has 8 heteroatoms. The fraction of sp³-hybridized carbons (Fsp3) is 0.111. The van der Waals surface area contributed by atoms with Crippen LogP contribution in [0.3, 0.4) is 0 Å². The molecule has 3 N–H and O–H groups in total. The van der Waals surface area contributed by atoms with E-state index in [1.165, 1.54) is 36.4 Å². The number of hydrogen-bond donors (Lipinski definition) is 3. The van der Waals surface area contributed by atoms with Crippen molar-refractivity contribution in [1.82, 2.24) is 4.98 Å². The van der Waals surface area contributed by atoms with Gasteiger partial charge in [-0.1, -0.05) is 18.2 Å². The molecule has 0 aliphatic carbocycles. The zero-order valence-electron chi connectivity index (χ0n) is 13.1. The number of benzene rings is 2. The summed E-state index contributed by atoms with van der Waals surface area (Å²) in [5.74, 6) is -2.45. The van der Waals surface area contributed by atoms with Crippen LogP contribution in [0.4, 0.5) is 13.2 Å². The zero-order chi connectivity index (χ0) is 19.1. The SMILES string of the molecule is O=C(O)Cc1c(-c2ccccc2C(F)(F)F)[nH]c2ccc(C(=O)O)cc12. The smallest absolute Gasteiger partial charge is 0.417 e. The molecule has 134 valence electrons. The first kappa shape index (κ1) is 17.5. The number of nitrogens with one attached hydrogen (secondary N) is 1. The Hall–Kier alpha value is -3.29. The summed E-state index contributed by atoms with van der Waals surface area (Å²) in [7, 11) is 0. The summed E-state index contributed by atoms with van der Waals surface area (Å²) in [6.07, 6.45) is -5.18. The van der Waals surface area contributed by atoms with Crippen LogP contribution in [-0.4, -0.2) is 27.1 Å². The minimum Gasteiger partial charge on any atom is -0.481 e. The lowest BCUT2D eigenvalue weighted by Gasteiger charge is -2.13. The number of alkyl halides is 3. The van der Waals surface area contributed by atoms with Crippen molar-refractivity contribution < 1.29 is 33.0 Å². The van der Waals surface area contributed by atoms with Crippen LogP contribution in [0.15, 0.2) is 42.5 Å². The third-order valence-electron chi connectivity index (χ3n) is 3.98. The molecule has 1 aromatic heterocycles. The number of aliphatic carboxylic acids is 1. The van der Waals surface area contributed by atoms with Crippen molar-refractivity contribution in [2.45, 2.75) is 12.6 Å². The van der Waals surface area contributed by atoms with Crippen LogP contribution in [0.1, 0.15) is 21.5 Å². The highest BCUT2D eigenvalue weighted by Crippen LogP contribution is 2.40. The molecule has 0 aliphatic rings. The van der Waals surface area contributed by atoms with Crippen molar-refractivity contribution in [2.24, 2.45) is 0 Å². The molecule has 0 bridgehead atoms. The number of halogens is 3. The third-order valence-corrected chi connectivity index (χ3v) is 3.98. The van der Waals surface area contributed by atoms with Crippen molar-refractivity contribution in [3.05, 3.63) is 59.2 Å². The van der Waals surface area contributed by atoms with Gasteiger partial charge in [0.2, 0.25) is 0 Å². The van der Waals surface area contributed by atoms with E-state index in [1.807, 2.05) is 0 Å². The van der Waals surface area contributed by atoms with E-state index in [1.54, 1.807) is 0 Å². The summed E-state index contributed by atoms with van der Waals surface area (Å²) in [5.41, 5.74) is -0.705. The Bertz CT molecular complexity index is 1020. The molecule has 3 rings (SSSR count). The lowest BCUT2D eigenvalue weighted by atomic mass is 9.98. The number of hydrogen-bond acceptors (Lipinski definition) is 2. The van der Waals surface area contributed by atoms with E-state index in [2.05, 4.69) is 4.98 Å². The van der Waals surface area contributed by atoms with Gasteiger partial charge in [-0.2, -0.15) is 13.2 Å². The number of H-pyrrole nitrogens is 1. The van der Waals surface area contributed by atoms with Gasteiger partial charge in [0.05, 0.1) is 23.2 Å². The van der Waals surface area contributed by atoms with Crippen LogP contribution in [0.2, 0.25) is 0 Å². The monoisotopic (exact) mass is 363 g/mol. The Morgan fingerprint density at radius 2 is 1.73 bits per heavy atom. The van der Waals surface area contributed by atoms with Gasteiger partial charge in [-0.15, -0.1) is 0 Å². The first-order valence-corrected chi connectivity index (χ1v) is 7.44. The topological polar surface area (TPSA) is 90.4 Å².